The van der Waals surface area contributed by atoms with Crippen LogP contribution in [0.3, 0.4) is 0 Å². The summed E-state index contributed by atoms with van der Waals surface area (Å²) in [5, 5.41) is 6.78. The first-order valence-corrected chi connectivity index (χ1v) is 5.76. The van der Waals surface area contributed by atoms with Gasteiger partial charge < -0.3 is 5.32 Å². The zero-order valence-corrected chi connectivity index (χ0v) is 9.58. The van der Waals surface area contributed by atoms with Crippen LogP contribution >= 0.6 is 22.9 Å². The highest BCUT2D eigenvalue weighted by atomic mass is 35.5. The van der Waals surface area contributed by atoms with E-state index in [-0.39, 0.29) is 5.38 Å². The van der Waals surface area contributed by atoms with Crippen molar-refractivity contribution in [2.45, 2.75) is 32.2 Å². The summed E-state index contributed by atoms with van der Waals surface area (Å²) in [6.45, 7) is 5.85. The van der Waals surface area contributed by atoms with E-state index in [9.17, 15) is 0 Å². The number of alkyl halides is 1. The molecule has 0 aromatic carbocycles. The van der Waals surface area contributed by atoms with Crippen molar-refractivity contribution in [1.82, 2.24) is 10.3 Å². The largest absolute Gasteiger partial charge is 0.311 e. The number of nitrogens with zero attached hydrogens (tertiary/aromatic N) is 1. The van der Waals surface area contributed by atoms with Crippen LogP contribution in [0.4, 0.5) is 0 Å². The molecule has 4 heteroatoms. The lowest BCUT2D eigenvalue weighted by Crippen LogP contribution is -2.17. The van der Waals surface area contributed by atoms with E-state index >= 15 is 0 Å². The molecule has 1 atom stereocenters. The summed E-state index contributed by atoms with van der Waals surface area (Å²) in [5.74, 6) is 0. The molecule has 1 unspecified atom stereocenters. The third-order valence-electron chi connectivity index (χ3n) is 1.69. The Morgan fingerprint density at radius 1 is 1.69 bits per heavy atom. The van der Waals surface area contributed by atoms with Crippen molar-refractivity contribution in [3.05, 3.63) is 16.1 Å². The quantitative estimate of drug-likeness (QED) is 0.607. The van der Waals surface area contributed by atoms with E-state index < -0.39 is 0 Å². The SMILES string of the molecule is Cc1nc(CNCCC(C)Cl)cs1. The van der Waals surface area contributed by atoms with Crippen LogP contribution in [0.1, 0.15) is 24.0 Å². The molecule has 2 nitrogen and oxygen atoms in total. The van der Waals surface area contributed by atoms with Gasteiger partial charge in [-0.05, 0) is 26.8 Å². The van der Waals surface area contributed by atoms with Gasteiger partial charge in [0.15, 0.2) is 0 Å². The molecule has 1 aromatic rings. The fourth-order valence-corrected chi connectivity index (χ4v) is 1.73. The maximum absolute atomic E-state index is 5.81. The Morgan fingerprint density at radius 3 is 3.00 bits per heavy atom. The van der Waals surface area contributed by atoms with E-state index in [0.717, 1.165) is 30.2 Å². The highest BCUT2D eigenvalue weighted by Crippen LogP contribution is 2.07. The first-order valence-electron chi connectivity index (χ1n) is 4.44. The van der Waals surface area contributed by atoms with Gasteiger partial charge in [0.2, 0.25) is 0 Å². The van der Waals surface area contributed by atoms with Crippen LogP contribution in [0, 0.1) is 6.92 Å². The Morgan fingerprint density at radius 2 is 2.46 bits per heavy atom. The van der Waals surface area contributed by atoms with E-state index in [1.54, 1.807) is 11.3 Å². The predicted octanol–water partition coefficient (Wildman–Crippen LogP) is 2.56. The average Bonchev–Trinajstić information content (AvgIpc) is 2.45. The average molecular weight is 219 g/mol. The highest BCUT2D eigenvalue weighted by molar-refractivity contribution is 7.09. The van der Waals surface area contributed by atoms with Crippen molar-refractivity contribution >= 4 is 22.9 Å². The lowest BCUT2D eigenvalue weighted by molar-refractivity contribution is 0.638. The summed E-state index contributed by atoms with van der Waals surface area (Å²) >= 11 is 7.50. The first-order chi connectivity index (χ1) is 6.18. The molecule has 0 aliphatic heterocycles. The van der Waals surface area contributed by atoms with Gasteiger partial charge in [-0.1, -0.05) is 0 Å². The second-order valence-electron chi connectivity index (χ2n) is 3.10. The summed E-state index contributed by atoms with van der Waals surface area (Å²) in [7, 11) is 0. The van der Waals surface area contributed by atoms with Crippen molar-refractivity contribution in [3.63, 3.8) is 0 Å². The normalized spacial score (nSPS) is 13.2. The molecule has 0 aliphatic carbocycles. The Bertz CT molecular complexity index is 248. The first kappa shape index (κ1) is 11.0. The van der Waals surface area contributed by atoms with Crippen LogP contribution < -0.4 is 5.32 Å². The fraction of sp³-hybridized carbons (Fsp3) is 0.667. The Hall–Kier alpha value is -0.120. The molecule has 13 heavy (non-hydrogen) atoms. The van der Waals surface area contributed by atoms with Gasteiger partial charge >= 0.3 is 0 Å². The molecule has 0 spiro atoms. The molecule has 0 saturated carbocycles. The van der Waals surface area contributed by atoms with Crippen LogP contribution in [0.15, 0.2) is 5.38 Å². The second kappa shape index (κ2) is 5.58. The van der Waals surface area contributed by atoms with Crippen LogP contribution in [-0.2, 0) is 6.54 Å². The fourth-order valence-electron chi connectivity index (χ4n) is 1.01. The summed E-state index contributed by atoms with van der Waals surface area (Å²) in [5.41, 5.74) is 1.13. The lowest BCUT2D eigenvalue weighted by atomic mass is 10.3. The number of aromatic nitrogens is 1. The topological polar surface area (TPSA) is 24.9 Å². The molecule has 1 N–H and O–H groups in total. The number of hydrogen-bond acceptors (Lipinski definition) is 3. The molecular weight excluding hydrogens is 204 g/mol. The number of rotatable bonds is 5. The van der Waals surface area contributed by atoms with Gasteiger partial charge in [0.1, 0.15) is 0 Å². The van der Waals surface area contributed by atoms with Gasteiger partial charge in [0, 0.05) is 17.3 Å². The lowest BCUT2D eigenvalue weighted by Gasteiger charge is -2.03. The third-order valence-corrected chi connectivity index (χ3v) is 2.73. The Kier molecular flexibility index (Phi) is 4.70. The highest BCUT2D eigenvalue weighted by Gasteiger charge is 1.98. The number of nitrogens with one attached hydrogen (secondary N) is 1. The molecule has 1 aromatic heterocycles. The minimum atomic E-state index is 0.254. The van der Waals surface area contributed by atoms with Crippen molar-refractivity contribution < 1.29 is 0 Å². The van der Waals surface area contributed by atoms with E-state index in [1.165, 1.54) is 0 Å². The van der Waals surface area contributed by atoms with Crippen molar-refractivity contribution in [1.29, 1.82) is 0 Å². The summed E-state index contributed by atoms with van der Waals surface area (Å²) in [6.07, 6.45) is 1.00. The molecule has 0 saturated heterocycles. The smallest absolute Gasteiger partial charge is 0.0897 e. The van der Waals surface area contributed by atoms with E-state index in [1.807, 2.05) is 13.8 Å². The predicted molar refractivity (Wildman–Crippen MR) is 58.5 cm³/mol. The molecular formula is C9H15ClN2S. The van der Waals surface area contributed by atoms with Gasteiger partial charge in [0.05, 0.1) is 10.7 Å². The minimum Gasteiger partial charge on any atom is -0.311 e. The summed E-state index contributed by atoms with van der Waals surface area (Å²) in [6, 6.07) is 0. The van der Waals surface area contributed by atoms with Gasteiger partial charge in [-0.25, -0.2) is 4.98 Å². The number of halogens is 1. The van der Waals surface area contributed by atoms with E-state index in [4.69, 9.17) is 11.6 Å². The van der Waals surface area contributed by atoms with Crippen molar-refractivity contribution in [2.24, 2.45) is 0 Å². The van der Waals surface area contributed by atoms with E-state index in [0.29, 0.717) is 0 Å². The number of aryl methyl sites for hydroxylation is 1. The summed E-state index contributed by atoms with van der Waals surface area (Å²) in [4.78, 5) is 4.35. The van der Waals surface area contributed by atoms with Crippen LogP contribution in [0.2, 0.25) is 0 Å². The maximum atomic E-state index is 5.81. The molecule has 0 bridgehead atoms. The molecule has 74 valence electrons. The third kappa shape index (κ3) is 4.60. The van der Waals surface area contributed by atoms with Crippen molar-refractivity contribution in [3.8, 4) is 0 Å². The van der Waals surface area contributed by atoms with Gasteiger partial charge in [-0.3, -0.25) is 0 Å². The number of hydrogen-bond donors (Lipinski definition) is 1. The zero-order chi connectivity index (χ0) is 9.68. The van der Waals surface area contributed by atoms with Crippen LogP contribution in [0.5, 0.6) is 0 Å². The zero-order valence-electron chi connectivity index (χ0n) is 8.01. The maximum Gasteiger partial charge on any atom is 0.0897 e. The summed E-state index contributed by atoms with van der Waals surface area (Å²) < 4.78 is 0. The second-order valence-corrected chi connectivity index (χ2v) is 4.91. The molecule has 0 radical (unpaired) electrons. The number of thiazole rings is 1. The molecule has 0 amide bonds. The van der Waals surface area contributed by atoms with Crippen LogP contribution in [-0.4, -0.2) is 16.9 Å². The molecule has 0 fully saturated rings. The molecule has 1 rings (SSSR count). The Labute approximate surface area is 88.3 Å². The monoisotopic (exact) mass is 218 g/mol. The van der Waals surface area contributed by atoms with E-state index in [2.05, 4.69) is 15.7 Å². The van der Waals surface area contributed by atoms with Crippen molar-refractivity contribution in [2.75, 3.05) is 6.54 Å². The van der Waals surface area contributed by atoms with Crippen LogP contribution in [0.25, 0.3) is 0 Å². The van der Waals surface area contributed by atoms with Gasteiger partial charge in [-0.2, -0.15) is 0 Å². The minimum absolute atomic E-state index is 0.254. The molecule has 0 aliphatic rings. The Balaban J connectivity index is 2.13. The standard InChI is InChI=1S/C9H15ClN2S/c1-7(10)3-4-11-5-9-6-13-8(2)12-9/h6-7,11H,3-5H2,1-2H3. The van der Waals surface area contributed by atoms with Gasteiger partial charge in [-0.15, -0.1) is 22.9 Å². The van der Waals surface area contributed by atoms with Gasteiger partial charge in [0.25, 0.3) is 0 Å². The molecule has 1 heterocycles.